The lowest BCUT2D eigenvalue weighted by Crippen LogP contribution is -2.23. The lowest BCUT2D eigenvalue weighted by molar-refractivity contribution is -0.124. The van der Waals surface area contributed by atoms with Gasteiger partial charge in [0.25, 0.3) is 0 Å². The van der Waals surface area contributed by atoms with Crippen molar-refractivity contribution in [3.8, 4) is 0 Å². The molecule has 1 fully saturated rings. The van der Waals surface area contributed by atoms with E-state index in [1.165, 1.54) is 23.6 Å². The summed E-state index contributed by atoms with van der Waals surface area (Å²) < 4.78 is 0. The first-order chi connectivity index (χ1) is 23.2. The van der Waals surface area contributed by atoms with Crippen LogP contribution in [0, 0.1) is 18.8 Å². The monoisotopic (exact) mass is 648 g/mol. The van der Waals surface area contributed by atoms with Gasteiger partial charge in [0.05, 0.1) is 0 Å². The molecule has 0 aliphatic heterocycles. The summed E-state index contributed by atoms with van der Waals surface area (Å²) in [6.07, 6.45) is 6.47. The average Bonchev–Trinajstić information content (AvgIpc) is 3.59. The first-order valence-corrected chi connectivity index (χ1v) is 17.5. The van der Waals surface area contributed by atoms with Crippen LogP contribution in [-0.2, 0) is 28.9 Å². The highest BCUT2D eigenvalue weighted by molar-refractivity contribution is 6.08. The summed E-state index contributed by atoms with van der Waals surface area (Å²) in [5, 5.41) is 0. The molecule has 5 rings (SSSR count). The number of rotatable bonds is 14. The van der Waals surface area contributed by atoms with Gasteiger partial charge < -0.3 is 0 Å². The highest BCUT2D eigenvalue weighted by atomic mass is 16.1. The standard InChI is InChI=1S/C36H40O4.C8H10.3H2/c1-24-15-17-27(18-16-24)19-20-28-9-4-5-12-32(28)34(23-29-10-8-14-30(29)25(2)37)36(40)22-21-35(39)33-13-7-6-11-31(33)26(3)38;1-2-8-6-4-3-5-7-8;;;/h4-7,9,11-13,15-18,29-30,34H,8,10,14,19-23H2,1-3H3;3-7H,2H2,1H3;3*1H. The first-order valence-electron chi connectivity index (χ1n) is 17.5. The number of benzene rings is 4. The molecule has 4 aromatic rings. The number of Topliss-reactive ketones (excluding diaryl/α,β-unsaturated/α-hetero) is 4. The maximum absolute atomic E-state index is 13.9. The van der Waals surface area contributed by atoms with Gasteiger partial charge in [0.1, 0.15) is 11.6 Å². The fourth-order valence-corrected chi connectivity index (χ4v) is 7.02. The largest absolute Gasteiger partial charge is 0.300 e. The molecule has 0 radical (unpaired) electrons. The Hall–Kier alpha value is -4.44. The molecule has 0 heterocycles. The van der Waals surface area contributed by atoms with Crippen molar-refractivity contribution in [1.82, 2.24) is 0 Å². The Morgan fingerprint density at radius 1 is 0.708 bits per heavy atom. The maximum atomic E-state index is 13.9. The van der Waals surface area contributed by atoms with Crippen LogP contribution in [-0.4, -0.2) is 23.1 Å². The van der Waals surface area contributed by atoms with Crippen LogP contribution in [0.4, 0.5) is 0 Å². The van der Waals surface area contributed by atoms with Crippen LogP contribution in [0.5, 0.6) is 0 Å². The zero-order valence-electron chi connectivity index (χ0n) is 29.0. The highest BCUT2D eigenvalue weighted by Gasteiger charge is 2.35. The van der Waals surface area contributed by atoms with Crippen molar-refractivity contribution in [3.05, 3.63) is 142 Å². The van der Waals surface area contributed by atoms with Gasteiger partial charge in [-0.1, -0.05) is 122 Å². The predicted octanol–water partition coefficient (Wildman–Crippen LogP) is 10.7. The van der Waals surface area contributed by atoms with Gasteiger partial charge in [0.15, 0.2) is 11.6 Å². The summed E-state index contributed by atoms with van der Waals surface area (Å²) in [6, 6.07) is 34.0. The smallest absolute Gasteiger partial charge is 0.164 e. The Morgan fingerprint density at radius 2 is 1.35 bits per heavy atom. The van der Waals surface area contributed by atoms with Crippen LogP contribution in [0.15, 0.2) is 103 Å². The van der Waals surface area contributed by atoms with Crippen molar-refractivity contribution >= 4 is 23.1 Å². The van der Waals surface area contributed by atoms with Crippen LogP contribution in [0.3, 0.4) is 0 Å². The molecule has 3 atom stereocenters. The van der Waals surface area contributed by atoms with Crippen LogP contribution < -0.4 is 0 Å². The third-order valence-corrected chi connectivity index (χ3v) is 9.80. The Bertz CT molecular complexity index is 1680. The minimum Gasteiger partial charge on any atom is -0.300 e. The second kappa shape index (κ2) is 18.2. The van der Waals surface area contributed by atoms with Gasteiger partial charge in [0, 0.05) is 40.1 Å². The molecule has 256 valence electrons. The maximum Gasteiger partial charge on any atom is 0.164 e. The van der Waals surface area contributed by atoms with Crippen LogP contribution >= 0.6 is 0 Å². The van der Waals surface area contributed by atoms with Crippen molar-refractivity contribution in [2.75, 3.05) is 0 Å². The van der Waals surface area contributed by atoms with Crippen molar-refractivity contribution < 1.29 is 23.5 Å². The molecule has 0 saturated heterocycles. The normalized spacial score (nSPS) is 16.0. The molecule has 3 unspecified atom stereocenters. The van der Waals surface area contributed by atoms with E-state index >= 15 is 0 Å². The highest BCUT2D eigenvalue weighted by Crippen LogP contribution is 2.41. The van der Waals surface area contributed by atoms with Crippen LogP contribution in [0.2, 0.25) is 0 Å². The fraction of sp³-hybridized carbons (Fsp3) is 0.364. The number of hydrogen-bond donors (Lipinski definition) is 0. The van der Waals surface area contributed by atoms with Gasteiger partial charge in [-0.2, -0.15) is 0 Å². The van der Waals surface area contributed by atoms with Gasteiger partial charge >= 0.3 is 0 Å². The number of ketones is 4. The summed E-state index contributed by atoms with van der Waals surface area (Å²) >= 11 is 0. The van der Waals surface area contributed by atoms with Crippen molar-refractivity contribution in [2.24, 2.45) is 11.8 Å². The van der Waals surface area contributed by atoms with Gasteiger partial charge in [0.2, 0.25) is 0 Å². The molecule has 0 spiro atoms. The molecular formula is C44H56O4. The van der Waals surface area contributed by atoms with E-state index < -0.39 is 0 Å². The molecule has 0 amide bonds. The lowest BCUT2D eigenvalue weighted by atomic mass is 9.77. The zero-order chi connectivity index (χ0) is 34.5. The van der Waals surface area contributed by atoms with E-state index in [0.29, 0.717) is 17.5 Å². The van der Waals surface area contributed by atoms with E-state index in [0.717, 1.165) is 49.7 Å². The first kappa shape index (κ1) is 36.4. The van der Waals surface area contributed by atoms with Crippen LogP contribution in [0.1, 0.15) is 118 Å². The Labute approximate surface area is 291 Å². The summed E-state index contributed by atoms with van der Waals surface area (Å²) in [4.78, 5) is 51.5. The quantitative estimate of drug-likeness (QED) is 0.128. The third-order valence-electron chi connectivity index (χ3n) is 9.80. The number of carbonyl (C=O) groups excluding carboxylic acids is 4. The second-order valence-electron chi connectivity index (χ2n) is 13.2. The summed E-state index contributed by atoms with van der Waals surface area (Å²) in [5.74, 6) is -0.303. The molecule has 4 aromatic carbocycles. The Morgan fingerprint density at radius 3 is 2.00 bits per heavy atom. The fourth-order valence-electron chi connectivity index (χ4n) is 7.02. The SMILES string of the molecule is CC(=O)c1ccccc1C(=O)CCC(=O)C(CC1CCCC1C(C)=O)c1ccccc1CCc1ccc(C)cc1.CCc1ccccc1.[HH].[HH].[HH]. The van der Waals surface area contributed by atoms with Gasteiger partial charge in [-0.3, -0.25) is 19.2 Å². The van der Waals surface area contributed by atoms with Gasteiger partial charge in [-0.05, 0) is 87.5 Å². The topological polar surface area (TPSA) is 68.3 Å². The molecule has 4 heteroatoms. The van der Waals surface area contributed by atoms with Gasteiger partial charge in [-0.15, -0.1) is 0 Å². The molecule has 1 aliphatic carbocycles. The average molecular weight is 649 g/mol. The summed E-state index contributed by atoms with van der Waals surface area (Å²) in [7, 11) is 0. The molecule has 1 saturated carbocycles. The molecule has 48 heavy (non-hydrogen) atoms. The molecule has 0 N–H and O–H groups in total. The van der Waals surface area contributed by atoms with E-state index in [4.69, 9.17) is 0 Å². The van der Waals surface area contributed by atoms with Crippen molar-refractivity contribution in [1.29, 1.82) is 0 Å². The Kier molecular flexibility index (Phi) is 13.8. The number of carbonyl (C=O) groups is 4. The molecule has 1 aliphatic rings. The van der Waals surface area contributed by atoms with E-state index in [2.05, 4.69) is 74.5 Å². The summed E-state index contributed by atoms with van der Waals surface area (Å²) in [6.45, 7) is 7.36. The molecule has 0 aromatic heterocycles. The minimum atomic E-state index is -0.366. The van der Waals surface area contributed by atoms with Crippen LogP contribution in [0.25, 0.3) is 0 Å². The minimum absolute atomic E-state index is 0. The van der Waals surface area contributed by atoms with Gasteiger partial charge in [-0.25, -0.2) is 0 Å². The molecule has 4 nitrogen and oxygen atoms in total. The van der Waals surface area contributed by atoms with Crippen molar-refractivity contribution in [3.63, 3.8) is 0 Å². The number of hydrogen-bond acceptors (Lipinski definition) is 4. The van der Waals surface area contributed by atoms with E-state index in [-0.39, 0.29) is 58.0 Å². The number of aryl methyl sites for hydroxylation is 4. The van der Waals surface area contributed by atoms with Crippen molar-refractivity contribution in [2.45, 2.75) is 91.4 Å². The lowest BCUT2D eigenvalue weighted by Gasteiger charge is -2.25. The third kappa shape index (κ3) is 10.3. The zero-order valence-corrected chi connectivity index (χ0v) is 29.0. The van der Waals surface area contributed by atoms with E-state index in [1.54, 1.807) is 31.2 Å². The predicted molar refractivity (Wildman–Crippen MR) is 201 cm³/mol. The second-order valence-corrected chi connectivity index (χ2v) is 13.2. The van der Waals surface area contributed by atoms with E-state index in [1.807, 2.05) is 18.2 Å². The Balaban J connectivity index is 0.00000104. The molecule has 0 bridgehead atoms. The summed E-state index contributed by atoms with van der Waals surface area (Å²) in [5.41, 5.74) is 6.83. The van der Waals surface area contributed by atoms with E-state index in [9.17, 15) is 19.2 Å². The molecular weight excluding hydrogens is 592 g/mol.